The lowest BCUT2D eigenvalue weighted by molar-refractivity contribution is 0.0660. The third-order valence-corrected chi connectivity index (χ3v) is 2.62. The van der Waals surface area contributed by atoms with Crippen molar-refractivity contribution in [2.75, 3.05) is 11.9 Å². The second-order valence-electron chi connectivity index (χ2n) is 4.01. The van der Waals surface area contributed by atoms with Crippen LogP contribution in [0.5, 0.6) is 5.88 Å². The van der Waals surface area contributed by atoms with Gasteiger partial charge < -0.3 is 19.6 Å². The molecule has 0 unspecified atom stereocenters. The maximum Gasteiger partial charge on any atom is 0.371 e. The van der Waals surface area contributed by atoms with Crippen LogP contribution in [0.4, 0.5) is 5.82 Å². The molecule has 0 spiro atoms. The predicted molar refractivity (Wildman–Crippen MR) is 70.9 cm³/mol. The van der Waals surface area contributed by atoms with Gasteiger partial charge in [0, 0.05) is 0 Å². The van der Waals surface area contributed by atoms with E-state index in [4.69, 9.17) is 14.3 Å². The molecule has 0 radical (unpaired) electrons. The van der Waals surface area contributed by atoms with Gasteiger partial charge in [-0.3, -0.25) is 0 Å². The third-order valence-electron chi connectivity index (χ3n) is 2.62. The Morgan fingerprint density at radius 3 is 2.90 bits per heavy atom. The van der Waals surface area contributed by atoms with Gasteiger partial charge in [0.05, 0.1) is 18.7 Å². The molecule has 20 heavy (non-hydrogen) atoms. The van der Waals surface area contributed by atoms with Crippen molar-refractivity contribution < 1.29 is 19.1 Å². The Bertz CT molecular complexity index is 609. The lowest BCUT2D eigenvalue weighted by atomic mass is 10.3. The van der Waals surface area contributed by atoms with Gasteiger partial charge in [0.15, 0.2) is 0 Å². The van der Waals surface area contributed by atoms with E-state index in [9.17, 15) is 4.79 Å². The smallest absolute Gasteiger partial charge is 0.371 e. The highest BCUT2D eigenvalue weighted by Gasteiger charge is 2.11. The fourth-order valence-electron chi connectivity index (χ4n) is 1.65. The van der Waals surface area contributed by atoms with Crippen molar-refractivity contribution in [2.45, 2.75) is 20.4 Å². The molecular formula is C13H15N3O4. The molecule has 0 aliphatic heterocycles. The van der Waals surface area contributed by atoms with Crippen LogP contribution in [0.15, 0.2) is 22.9 Å². The molecule has 2 aromatic heterocycles. The molecule has 2 rings (SSSR count). The summed E-state index contributed by atoms with van der Waals surface area (Å²) in [5, 5.41) is 11.8. The summed E-state index contributed by atoms with van der Waals surface area (Å²) in [6, 6.07) is 3.02. The number of carboxylic acid groups (broad SMARTS) is 1. The fourth-order valence-corrected chi connectivity index (χ4v) is 1.65. The van der Waals surface area contributed by atoms with E-state index in [-0.39, 0.29) is 5.76 Å². The Labute approximate surface area is 115 Å². The van der Waals surface area contributed by atoms with E-state index < -0.39 is 5.97 Å². The van der Waals surface area contributed by atoms with Crippen LogP contribution in [0.3, 0.4) is 0 Å². The Balaban J connectivity index is 2.06. The topological polar surface area (TPSA) is 97.5 Å². The largest absolute Gasteiger partial charge is 0.478 e. The van der Waals surface area contributed by atoms with Crippen molar-refractivity contribution >= 4 is 11.8 Å². The number of rotatable bonds is 6. The van der Waals surface area contributed by atoms with Crippen molar-refractivity contribution in [3.8, 4) is 5.88 Å². The van der Waals surface area contributed by atoms with Gasteiger partial charge in [-0.05, 0) is 26.0 Å². The van der Waals surface area contributed by atoms with E-state index >= 15 is 0 Å². The molecule has 106 valence electrons. The molecule has 0 saturated carbocycles. The normalized spacial score (nSPS) is 10.3. The van der Waals surface area contributed by atoms with Gasteiger partial charge in [0.25, 0.3) is 0 Å². The maximum absolute atomic E-state index is 10.7. The van der Waals surface area contributed by atoms with Crippen molar-refractivity contribution in [1.82, 2.24) is 9.97 Å². The van der Waals surface area contributed by atoms with Crippen molar-refractivity contribution in [2.24, 2.45) is 0 Å². The molecule has 0 amide bonds. The standard InChI is InChI=1S/C13H15N3O4/c1-3-19-12-8(2)11(15-7-16-12)14-6-9-4-5-10(20-9)13(17)18/h4-5,7H,3,6H2,1-2H3,(H,17,18)(H,14,15,16). The lowest BCUT2D eigenvalue weighted by Crippen LogP contribution is -2.06. The van der Waals surface area contributed by atoms with Crippen molar-refractivity contribution in [3.05, 3.63) is 35.5 Å². The van der Waals surface area contributed by atoms with Gasteiger partial charge in [-0.15, -0.1) is 0 Å². The molecule has 0 aliphatic carbocycles. The van der Waals surface area contributed by atoms with Crippen LogP contribution in [-0.2, 0) is 6.54 Å². The zero-order chi connectivity index (χ0) is 14.5. The summed E-state index contributed by atoms with van der Waals surface area (Å²) in [6.07, 6.45) is 1.41. The minimum absolute atomic E-state index is 0.0868. The van der Waals surface area contributed by atoms with Crippen LogP contribution < -0.4 is 10.1 Å². The quantitative estimate of drug-likeness (QED) is 0.834. The van der Waals surface area contributed by atoms with Gasteiger partial charge >= 0.3 is 5.97 Å². The number of nitrogens with one attached hydrogen (secondary N) is 1. The second kappa shape index (κ2) is 6.05. The third kappa shape index (κ3) is 3.05. The van der Waals surface area contributed by atoms with E-state index in [0.717, 1.165) is 5.56 Å². The zero-order valence-electron chi connectivity index (χ0n) is 11.2. The first-order valence-corrected chi connectivity index (χ1v) is 6.12. The zero-order valence-corrected chi connectivity index (χ0v) is 11.2. The molecule has 2 aromatic rings. The van der Waals surface area contributed by atoms with Gasteiger partial charge in [-0.25, -0.2) is 14.8 Å². The molecule has 7 heteroatoms. The molecule has 7 nitrogen and oxygen atoms in total. The molecule has 0 aliphatic rings. The van der Waals surface area contributed by atoms with E-state index in [1.807, 2.05) is 13.8 Å². The molecular weight excluding hydrogens is 262 g/mol. The summed E-state index contributed by atoms with van der Waals surface area (Å²) in [6.45, 7) is 4.58. The number of anilines is 1. The van der Waals surface area contributed by atoms with Gasteiger partial charge in [0.1, 0.15) is 17.9 Å². The Kier molecular flexibility index (Phi) is 4.19. The highest BCUT2D eigenvalue weighted by atomic mass is 16.5. The number of hydrogen-bond donors (Lipinski definition) is 2. The summed E-state index contributed by atoms with van der Waals surface area (Å²) in [4.78, 5) is 18.9. The number of aromatic carboxylic acids is 1. The first-order valence-electron chi connectivity index (χ1n) is 6.12. The number of carboxylic acids is 1. The minimum atomic E-state index is -1.09. The van der Waals surface area contributed by atoms with Gasteiger partial charge in [-0.1, -0.05) is 0 Å². The van der Waals surface area contributed by atoms with E-state index in [1.54, 1.807) is 6.07 Å². The van der Waals surface area contributed by atoms with Crippen LogP contribution in [0.1, 0.15) is 28.8 Å². The average molecular weight is 277 g/mol. The number of carbonyl (C=O) groups is 1. The first kappa shape index (κ1) is 13.9. The number of furan rings is 1. The molecule has 0 fully saturated rings. The van der Waals surface area contributed by atoms with Crippen LogP contribution >= 0.6 is 0 Å². The van der Waals surface area contributed by atoms with Crippen LogP contribution in [-0.4, -0.2) is 27.7 Å². The Morgan fingerprint density at radius 1 is 1.45 bits per heavy atom. The highest BCUT2D eigenvalue weighted by molar-refractivity contribution is 5.84. The Morgan fingerprint density at radius 2 is 2.25 bits per heavy atom. The van der Waals surface area contributed by atoms with Crippen LogP contribution in [0.2, 0.25) is 0 Å². The van der Waals surface area contributed by atoms with E-state index in [2.05, 4.69) is 15.3 Å². The summed E-state index contributed by atoms with van der Waals surface area (Å²) >= 11 is 0. The summed E-state index contributed by atoms with van der Waals surface area (Å²) < 4.78 is 10.5. The number of aromatic nitrogens is 2. The molecule has 0 bridgehead atoms. The SMILES string of the molecule is CCOc1ncnc(NCc2ccc(C(=O)O)o2)c1C. The lowest BCUT2D eigenvalue weighted by Gasteiger charge is -2.10. The van der Waals surface area contributed by atoms with Crippen molar-refractivity contribution in [1.29, 1.82) is 0 Å². The average Bonchev–Trinajstić information content (AvgIpc) is 2.89. The summed E-state index contributed by atoms with van der Waals surface area (Å²) in [5.41, 5.74) is 0.791. The first-order chi connectivity index (χ1) is 9.61. The van der Waals surface area contributed by atoms with Gasteiger partial charge in [-0.2, -0.15) is 0 Å². The summed E-state index contributed by atoms with van der Waals surface area (Å²) in [7, 11) is 0. The number of ether oxygens (including phenoxy) is 1. The molecule has 2 heterocycles. The molecule has 0 saturated heterocycles. The molecule has 0 aromatic carbocycles. The maximum atomic E-state index is 10.7. The molecule has 2 N–H and O–H groups in total. The summed E-state index contributed by atoms with van der Waals surface area (Å²) in [5.74, 6) is 0.482. The van der Waals surface area contributed by atoms with Crippen molar-refractivity contribution in [3.63, 3.8) is 0 Å². The monoisotopic (exact) mass is 277 g/mol. The number of nitrogens with zero attached hydrogens (tertiary/aromatic N) is 2. The van der Waals surface area contributed by atoms with E-state index in [1.165, 1.54) is 12.4 Å². The Hall–Kier alpha value is -2.57. The highest BCUT2D eigenvalue weighted by Crippen LogP contribution is 2.21. The second-order valence-corrected chi connectivity index (χ2v) is 4.01. The fraction of sp³-hybridized carbons (Fsp3) is 0.308. The minimum Gasteiger partial charge on any atom is -0.478 e. The van der Waals surface area contributed by atoms with Crippen LogP contribution in [0, 0.1) is 6.92 Å². The predicted octanol–water partition coefficient (Wildman–Crippen LogP) is 2.09. The van der Waals surface area contributed by atoms with E-state index in [0.29, 0.717) is 30.6 Å². The van der Waals surface area contributed by atoms with Crippen LogP contribution in [0.25, 0.3) is 0 Å². The van der Waals surface area contributed by atoms with Gasteiger partial charge in [0.2, 0.25) is 11.6 Å². The number of hydrogen-bond acceptors (Lipinski definition) is 6. The molecule has 0 atom stereocenters.